The minimum Gasteiger partial charge on any atom is -0.383 e. The van der Waals surface area contributed by atoms with Gasteiger partial charge in [-0.2, -0.15) is 0 Å². The number of likely N-dealkylation sites (tertiary alicyclic amines) is 1. The number of carbonyl (C=O) groups is 2. The van der Waals surface area contributed by atoms with Crippen molar-refractivity contribution in [3.63, 3.8) is 0 Å². The highest BCUT2D eigenvalue weighted by Crippen LogP contribution is 2.32. The highest BCUT2D eigenvalue weighted by atomic mass is 32.1. The maximum atomic E-state index is 12.8. The molecule has 7 nitrogen and oxygen atoms in total. The quantitative estimate of drug-likeness (QED) is 0.550. The molecule has 3 heterocycles. The molecule has 1 saturated heterocycles. The van der Waals surface area contributed by atoms with Crippen molar-refractivity contribution in [1.29, 1.82) is 0 Å². The molecule has 4 rings (SSSR count). The van der Waals surface area contributed by atoms with Gasteiger partial charge in [-0.05, 0) is 30.0 Å². The first kappa shape index (κ1) is 22.1. The van der Waals surface area contributed by atoms with Gasteiger partial charge in [0.15, 0.2) is 0 Å². The first-order valence-corrected chi connectivity index (χ1v) is 11.6. The van der Waals surface area contributed by atoms with Gasteiger partial charge in [0.1, 0.15) is 11.1 Å². The summed E-state index contributed by atoms with van der Waals surface area (Å²) < 4.78 is 0. The molecule has 32 heavy (non-hydrogen) atoms. The molecule has 2 amide bonds. The molecule has 0 spiro atoms. The Hall–Kier alpha value is -3.10. The first-order valence-electron chi connectivity index (χ1n) is 10.7. The highest BCUT2D eigenvalue weighted by molar-refractivity contribution is 7.09. The maximum Gasteiger partial charge on any atom is 0.252 e. The lowest BCUT2D eigenvalue weighted by atomic mass is 10.0. The van der Waals surface area contributed by atoms with Gasteiger partial charge in [0.25, 0.3) is 5.91 Å². The van der Waals surface area contributed by atoms with Crippen LogP contribution in [0.1, 0.15) is 47.1 Å². The van der Waals surface area contributed by atoms with Gasteiger partial charge in [-0.3, -0.25) is 14.6 Å². The summed E-state index contributed by atoms with van der Waals surface area (Å²) in [5.41, 5.74) is 3.05. The second-order valence-electron chi connectivity index (χ2n) is 7.87. The van der Waals surface area contributed by atoms with Crippen molar-refractivity contribution in [3.05, 3.63) is 82.1 Å². The molecule has 2 N–H and O–H groups in total. The Balaban J connectivity index is 1.26. The number of pyridine rings is 1. The monoisotopic (exact) mass is 450 g/mol. The van der Waals surface area contributed by atoms with Crippen LogP contribution < -0.4 is 5.32 Å². The number of thiazole rings is 1. The van der Waals surface area contributed by atoms with Crippen LogP contribution in [0.5, 0.6) is 0 Å². The van der Waals surface area contributed by atoms with E-state index in [1.807, 2.05) is 54.0 Å². The van der Waals surface area contributed by atoms with Gasteiger partial charge in [0, 0.05) is 30.7 Å². The van der Waals surface area contributed by atoms with Crippen molar-refractivity contribution in [2.45, 2.75) is 44.4 Å². The highest BCUT2D eigenvalue weighted by Gasteiger charge is 2.33. The molecular formula is C24H26N4O3S. The van der Waals surface area contributed by atoms with E-state index in [0.717, 1.165) is 34.7 Å². The molecule has 8 heteroatoms. The number of hydrogen-bond acceptors (Lipinski definition) is 6. The maximum absolute atomic E-state index is 12.8. The summed E-state index contributed by atoms with van der Waals surface area (Å²) in [7, 11) is 0. The summed E-state index contributed by atoms with van der Waals surface area (Å²) >= 11 is 1.47. The molecule has 1 unspecified atom stereocenters. The van der Waals surface area contributed by atoms with Crippen molar-refractivity contribution in [2.75, 3.05) is 6.54 Å². The number of aliphatic hydroxyl groups excluding tert-OH is 1. The summed E-state index contributed by atoms with van der Waals surface area (Å²) in [4.78, 5) is 35.5. The number of aromatic nitrogens is 2. The third-order valence-electron chi connectivity index (χ3n) is 5.53. The first-order chi connectivity index (χ1) is 15.6. The largest absolute Gasteiger partial charge is 0.383 e. The Morgan fingerprint density at radius 3 is 2.84 bits per heavy atom. The van der Waals surface area contributed by atoms with E-state index in [9.17, 15) is 14.7 Å². The van der Waals surface area contributed by atoms with Crippen molar-refractivity contribution in [1.82, 2.24) is 20.2 Å². The predicted octanol–water partition coefficient (Wildman–Crippen LogP) is 2.86. The van der Waals surface area contributed by atoms with E-state index in [0.29, 0.717) is 13.0 Å². The normalized spacial score (nSPS) is 16.7. The van der Waals surface area contributed by atoms with E-state index in [-0.39, 0.29) is 30.8 Å². The lowest BCUT2D eigenvalue weighted by Gasteiger charge is -2.27. The molecule has 0 radical (unpaired) electrons. The average Bonchev–Trinajstić information content (AvgIpc) is 3.48. The predicted molar refractivity (Wildman–Crippen MR) is 122 cm³/mol. The second-order valence-corrected chi connectivity index (χ2v) is 8.81. The van der Waals surface area contributed by atoms with Crippen LogP contribution in [0.2, 0.25) is 0 Å². The Labute approximate surface area is 191 Å². The number of aliphatic hydroxyl groups is 1. The summed E-state index contributed by atoms with van der Waals surface area (Å²) in [6.45, 7) is 0.865. The van der Waals surface area contributed by atoms with Crippen LogP contribution in [-0.2, 0) is 22.6 Å². The summed E-state index contributed by atoms with van der Waals surface area (Å²) in [6, 6.07) is 13.7. The fourth-order valence-electron chi connectivity index (χ4n) is 3.98. The van der Waals surface area contributed by atoms with E-state index in [4.69, 9.17) is 0 Å². The Morgan fingerprint density at radius 1 is 1.22 bits per heavy atom. The lowest BCUT2D eigenvalue weighted by molar-refractivity contribution is -0.144. The van der Waals surface area contributed by atoms with Crippen LogP contribution in [0, 0.1) is 0 Å². The van der Waals surface area contributed by atoms with E-state index in [1.165, 1.54) is 11.3 Å². The van der Waals surface area contributed by atoms with E-state index in [2.05, 4.69) is 15.3 Å². The van der Waals surface area contributed by atoms with Crippen molar-refractivity contribution >= 4 is 23.2 Å². The molecule has 3 aromatic rings. The smallest absolute Gasteiger partial charge is 0.252 e. The van der Waals surface area contributed by atoms with Gasteiger partial charge in [-0.25, -0.2) is 4.98 Å². The summed E-state index contributed by atoms with van der Waals surface area (Å²) in [5.74, 6) is -0.759. The van der Waals surface area contributed by atoms with Gasteiger partial charge in [-0.15, -0.1) is 11.3 Å². The molecule has 1 aliphatic heterocycles. The third-order valence-corrected chi connectivity index (χ3v) is 6.43. The van der Waals surface area contributed by atoms with Crippen LogP contribution in [0.4, 0.5) is 0 Å². The van der Waals surface area contributed by atoms with Crippen LogP contribution in [0.3, 0.4) is 0 Å². The van der Waals surface area contributed by atoms with Gasteiger partial charge < -0.3 is 15.3 Å². The van der Waals surface area contributed by atoms with Gasteiger partial charge in [0.05, 0.1) is 24.7 Å². The van der Waals surface area contributed by atoms with Crippen LogP contribution in [0.15, 0.2) is 60.2 Å². The van der Waals surface area contributed by atoms with Crippen LogP contribution >= 0.6 is 11.3 Å². The summed E-state index contributed by atoms with van der Waals surface area (Å²) in [5, 5.41) is 15.9. The zero-order chi connectivity index (χ0) is 22.3. The minimum absolute atomic E-state index is 0.0463. The fraction of sp³-hybridized carbons (Fsp3) is 0.333. The van der Waals surface area contributed by atoms with Gasteiger partial charge >= 0.3 is 0 Å². The Bertz CT molecular complexity index is 1040. The zero-order valence-electron chi connectivity index (χ0n) is 17.7. The average molecular weight is 451 g/mol. The van der Waals surface area contributed by atoms with Crippen LogP contribution in [0.25, 0.3) is 0 Å². The number of nitrogens with zero attached hydrogens (tertiary/aromatic N) is 3. The topological polar surface area (TPSA) is 95.4 Å². The molecular weight excluding hydrogens is 424 g/mol. The second kappa shape index (κ2) is 10.5. The number of nitrogens with one attached hydrogen (secondary N) is 1. The van der Waals surface area contributed by atoms with Crippen LogP contribution in [-0.4, -0.2) is 44.4 Å². The van der Waals surface area contributed by atoms with E-state index in [1.54, 1.807) is 11.1 Å². The van der Waals surface area contributed by atoms with Gasteiger partial charge in [0.2, 0.25) is 5.91 Å². The molecule has 1 fully saturated rings. The number of hydrogen-bond donors (Lipinski definition) is 2. The number of benzene rings is 1. The molecule has 1 aliphatic rings. The molecule has 2 aromatic heterocycles. The fourth-order valence-corrected chi connectivity index (χ4v) is 4.71. The van der Waals surface area contributed by atoms with Crippen molar-refractivity contribution in [2.24, 2.45) is 0 Å². The molecule has 166 valence electrons. The molecule has 0 aliphatic carbocycles. The molecule has 2 atom stereocenters. The molecule has 0 bridgehead atoms. The lowest BCUT2D eigenvalue weighted by Crippen LogP contribution is -2.41. The van der Waals surface area contributed by atoms with Gasteiger partial charge in [-0.1, -0.05) is 36.4 Å². The van der Waals surface area contributed by atoms with Crippen molar-refractivity contribution < 1.29 is 14.7 Å². The Morgan fingerprint density at radius 2 is 2.06 bits per heavy atom. The number of carbonyl (C=O) groups excluding carboxylic acids is 2. The minimum atomic E-state index is -1.35. The van der Waals surface area contributed by atoms with Crippen molar-refractivity contribution in [3.8, 4) is 0 Å². The Kier molecular flexibility index (Phi) is 7.24. The molecule has 1 aromatic carbocycles. The third kappa shape index (κ3) is 5.57. The number of rotatable bonds is 8. The SMILES string of the molecule is O=C(C[C@@H](O)C(=O)N1CCCC1c1ccccc1)NCc1nc(Cc2cccnc2)cs1. The number of amides is 2. The van der Waals surface area contributed by atoms with E-state index < -0.39 is 6.10 Å². The molecule has 0 saturated carbocycles. The standard InChI is InChI=1S/C24H26N4O3S/c29-21(24(31)28-11-5-9-20(28)18-7-2-1-3-8-18)13-22(30)26-15-23-27-19(16-32-23)12-17-6-4-10-25-14-17/h1-4,6-8,10,14,16,20-21,29H,5,9,11-13,15H2,(H,26,30)/t20?,21-/m1/s1. The van der Waals surface area contributed by atoms with E-state index >= 15 is 0 Å². The summed E-state index contributed by atoms with van der Waals surface area (Å²) in [6.07, 6.45) is 4.36. The zero-order valence-corrected chi connectivity index (χ0v) is 18.5.